The molecule has 4 heteroatoms. The molecule has 1 aliphatic heterocycles. The first-order valence-electron chi connectivity index (χ1n) is 7.31. The Bertz CT molecular complexity index is 603. The van der Waals surface area contributed by atoms with E-state index >= 15 is 0 Å². The van der Waals surface area contributed by atoms with E-state index in [1.165, 1.54) is 5.56 Å². The highest BCUT2D eigenvalue weighted by Crippen LogP contribution is 2.45. The number of ether oxygens (including phenoxy) is 1. The first-order valence-corrected chi connectivity index (χ1v) is 7.68. The summed E-state index contributed by atoms with van der Waals surface area (Å²) in [4.78, 5) is 12.5. The second-order valence-corrected chi connectivity index (χ2v) is 7.18. The third-order valence-corrected chi connectivity index (χ3v) is 4.22. The van der Waals surface area contributed by atoms with Crippen molar-refractivity contribution < 1.29 is 9.53 Å². The predicted octanol–water partition coefficient (Wildman–Crippen LogP) is 4.14. The number of nitrogens with one attached hydrogen (secondary N) is 1. The fraction of sp³-hybridized carbons (Fsp3) is 0.471. The van der Waals surface area contributed by atoms with Crippen LogP contribution in [0, 0.1) is 5.92 Å². The van der Waals surface area contributed by atoms with Crippen molar-refractivity contribution in [1.29, 1.82) is 0 Å². The Morgan fingerprint density at radius 3 is 2.86 bits per heavy atom. The Labute approximate surface area is 130 Å². The zero-order valence-corrected chi connectivity index (χ0v) is 13.3. The van der Waals surface area contributed by atoms with Gasteiger partial charge in [0.15, 0.2) is 0 Å². The maximum absolute atomic E-state index is 12.5. The van der Waals surface area contributed by atoms with Gasteiger partial charge in [-0.3, -0.25) is 0 Å². The van der Waals surface area contributed by atoms with Crippen LogP contribution in [0.4, 0.5) is 5.69 Å². The van der Waals surface area contributed by atoms with Crippen LogP contribution in [-0.2, 0) is 9.53 Å². The molecule has 0 radical (unpaired) electrons. The molecule has 0 fully saturated rings. The van der Waals surface area contributed by atoms with Crippen LogP contribution in [0.3, 0.4) is 0 Å². The number of carbonyl (C=O) groups is 1. The zero-order valence-electron chi connectivity index (χ0n) is 12.5. The molecule has 0 unspecified atom stereocenters. The maximum atomic E-state index is 12.5. The predicted molar refractivity (Wildman–Crippen MR) is 84.7 cm³/mol. The number of anilines is 1. The van der Waals surface area contributed by atoms with Crippen molar-refractivity contribution in [2.24, 2.45) is 5.92 Å². The molecule has 1 aliphatic carbocycles. The highest BCUT2D eigenvalue weighted by atomic mass is 35.5. The van der Waals surface area contributed by atoms with Crippen LogP contribution >= 0.6 is 11.6 Å². The Morgan fingerprint density at radius 2 is 2.14 bits per heavy atom. The second kappa shape index (κ2) is 5.06. The van der Waals surface area contributed by atoms with Gasteiger partial charge < -0.3 is 10.1 Å². The molecule has 1 aromatic rings. The lowest BCUT2D eigenvalue weighted by atomic mass is 9.79. The van der Waals surface area contributed by atoms with Gasteiger partial charge in [0.25, 0.3) is 0 Å². The molecule has 0 saturated heterocycles. The van der Waals surface area contributed by atoms with Gasteiger partial charge in [0.05, 0.1) is 0 Å². The van der Waals surface area contributed by atoms with E-state index < -0.39 is 5.60 Å². The second-order valence-electron chi connectivity index (χ2n) is 6.74. The average Bonchev–Trinajstić information content (AvgIpc) is 2.85. The number of benzene rings is 1. The monoisotopic (exact) mass is 305 g/mol. The first kappa shape index (κ1) is 14.5. The summed E-state index contributed by atoms with van der Waals surface area (Å²) in [5.74, 6) is 0.255. The molecule has 0 saturated carbocycles. The van der Waals surface area contributed by atoms with E-state index in [1.54, 1.807) is 0 Å². The van der Waals surface area contributed by atoms with Crippen LogP contribution in [0.25, 0.3) is 0 Å². The Hall–Kier alpha value is -1.48. The maximum Gasteiger partial charge on any atom is 0.329 e. The van der Waals surface area contributed by atoms with Gasteiger partial charge >= 0.3 is 5.97 Å². The van der Waals surface area contributed by atoms with Crippen molar-refractivity contribution in [3.05, 3.63) is 40.9 Å². The van der Waals surface area contributed by atoms with Crippen LogP contribution < -0.4 is 5.32 Å². The van der Waals surface area contributed by atoms with Crippen LogP contribution in [0.5, 0.6) is 0 Å². The Kier molecular flexibility index (Phi) is 3.48. The standard InChI is InChI=1S/C17H20ClNO2/c1-17(2,3)21-16(20)15-12-6-4-5-11(12)13-9-10(18)7-8-14(13)19-15/h4-5,7-9,11-12,15,19H,6H2,1-3H3/t11-,12+,15-/m0/s1. The molecule has 2 aliphatic rings. The number of carbonyl (C=O) groups excluding carboxylic acids is 1. The Balaban J connectivity index is 1.92. The molecule has 1 heterocycles. The average molecular weight is 306 g/mol. The van der Waals surface area contributed by atoms with E-state index in [1.807, 2.05) is 39.0 Å². The molecule has 112 valence electrons. The summed E-state index contributed by atoms with van der Waals surface area (Å²) in [6.07, 6.45) is 5.20. The number of hydrogen-bond acceptors (Lipinski definition) is 3. The van der Waals surface area contributed by atoms with Gasteiger partial charge in [-0.1, -0.05) is 23.8 Å². The fourth-order valence-electron chi connectivity index (χ4n) is 3.16. The summed E-state index contributed by atoms with van der Waals surface area (Å²) >= 11 is 6.11. The van der Waals surface area contributed by atoms with E-state index in [0.29, 0.717) is 0 Å². The fourth-order valence-corrected chi connectivity index (χ4v) is 3.34. The highest BCUT2D eigenvalue weighted by molar-refractivity contribution is 6.30. The highest BCUT2D eigenvalue weighted by Gasteiger charge is 2.42. The number of allylic oxidation sites excluding steroid dienone is 2. The van der Waals surface area contributed by atoms with Crippen LogP contribution in [0.15, 0.2) is 30.4 Å². The lowest BCUT2D eigenvalue weighted by Gasteiger charge is -2.37. The number of esters is 1. The SMILES string of the molecule is CC(C)(C)OC(=O)[C@H]1Nc2ccc(Cl)cc2[C@H]2C=CC[C@@H]12. The molecule has 3 nitrogen and oxygen atoms in total. The lowest BCUT2D eigenvalue weighted by molar-refractivity contribution is -0.157. The van der Waals surface area contributed by atoms with E-state index in [-0.39, 0.29) is 23.8 Å². The minimum Gasteiger partial charge on any atom is -0.458 e. The van der Waals surface area contributed by atoms with Gasteiger partial charge in [-0.15, -0.1) is 0 Å². The van der Waals surface area contributed by atoms with Crippen molar-refractivity contribution >= 4 is 23.3 Å². The molecule has 3 atom stereocenters. The number of fused-ring (bicyclic) bond motifs is 3. The van der Waals surface area contributed by atoms with E-state index in [4.69, 9.17) is 16.3 Å². The van der Waals surface area contributed by atoms with E-state index in [9.17, 15) is 4.79 Å². The van der Waals surface area contributed by atoms with Gasteiger partial charge in [0.2, 0.25) is 0 Å². The van der Waals surface area contributed by atoms with E-state index in [0.717, 1.165) is 17.1 Å². The minimum absolute atomic E-state index is 0.179. The zero-order chi connectivity index (χ0) is 15.2. The largest absolute Gasteiger partial charge is 0.458 e. The molecule has 1 N–H and O–H groups in total. The molecule has 0 amide bonds. The summed E-state index contributed by atoms with van der Waals surface area (Å²) in [5.41, 5.74) is 1.67. The quantitative estimate of drug-likeness (QED) is 0.626. The molecule has 3 rings (SSSR count). The summed E-state index contributed by atoms with van der Waals surface area (Å²) < 4.78 is 5.57. The van der Waals surface area contributed by atoms with Crippen molar-refractivity contribution in [3.8, 4) is 0 Å². The summed E-state index contributed by atoms with van der Waals surface area (Å²) in [5, 5.41) is 4.07. The van der Waals surface area contributed by atoms with Gasteiger partial charge in [0.1, 0.15) is 11.6 Å². The Morgan fingerprint density at radius 1 is 1.38 bits per heavy atom. The van der Waals surface area contributed by atoms with Crippen molar-refractivity contribution in [2.75, 3.05) is 5.32 Å². The number of rotatable bonds is 1. The normalized spacial score (nSPS) is 26.8. The van der Waals surface area contributed by atoms with E-state index in [2.05, 4.69) is 17.5 Å². The lowest BCUT2D eigenvalue weighted by Crippen LogP contribution is -2.45. The topological polar surface area (TPSA) is 38.3 Å². The molecule has 21 heavy (non-hydrogen) atoms. The van der Waals surface area contributed by atoms with Crippen LogP contribution in [0.1, 0.15) is 38.7 Å². The van der Waals surface area contributed by atoms with Crippen LogP contribution in [-0.4, -0.2) is 17.6 Å². The molecule has 0 spiro atoms. The first-order chi connectivity index (χ1) is 9.85. The minimum atomic E-state index is -0.472. The molecule has 0 aromatic heterocycles. The van der Waals surface area contributed by atoms with Gasteiger partial charge in [0, 0.05) is 22.5 Å². The van der Waals surface area contributed by atoms with Crippen LogP contribution in [0.2, 0.25) is 5.02 Å². The third-order valence-electron chi connectivity index (χ3n) is 3.99. The smallest absolute Gasteiger partial charge is 0.329 e. The van der Waals surface area contributed by atoms with Crippen molar-refractivity contribution in [2.45, 2.75) is 44.8 Å². The summed E-state index contributed by atoms with van der Waals surface area (Å²) in [6.45, 7) is 5.68. The van der Waals surface area contributed by atoms with Crippen molar-refractivity contribution in [1.82, 2.24) is 0 Å². The van der Waals surface area contributed by atoms with Gasteiger partial charge in [-0.25, -0.2) is 4.79 Å². The van der Waals surface area contributed by atoms with Gasteiger partial charge in [-0.2, -0.15) is 0 Å². The summed E-state index contributed by atoms with van der Waals surface area (Å²) in [7, 11) is 0. The molecular weight excluding hydrogens is 286 g/mol. The molecule has 0 bridgehead atoms. The van der Waals surface area contributed by atoms with Gasteiger partial charge in [-0.05, 0) is 51.0 Å². The number of hydrogen-bond donors (Lipinski definition) is 1. The summed E-state index contributed by atoms with van der Waals surface area (Å²) in [6, 6.07) is 5.47. The molecule has 1 aromatic carbocycles. The molecular formula is C17H20ClNO2. The third kappa shape index (κ3) is 2.80. The number of halogens is 1. The van der Waals surface area contributed by atoms with Crippen molar-refractivity contribution in [3.63, 3.8) is 0 Å².